The van der Waals surface area contributed by atoms with Crippen LogP contribution in [0.1, 0.15) is 32.8 Å². The van der Waals surface area contributed by atoms with E-state index in [1.165, 1.54) is 5.56 Å². The van der Waals surface area contributed by atoms with Crippen molar-refractivity contribution in [1.29, 1.82) is 0 Å². The standard InChI is InChI=1S/C19H25NO/c1-15(20-17-12-8-9-13-18(17)21-4)14-19(2,3)16-10-6-5-7-11-16/h5-13,15,20H,14H2,1-4H3. The van der Waals surface area contributed by atoms with E-state index in [4.69, 9.17) is 4.74 Å². The number of hydrogen-bond acceptors (Lipinski definition) is 2. The molecule has 2 aromatic rings. The Bertz CT molecular complexity index is 563. The van der Waals surface area contributed by atoms with Crippen molar-refractivity contribution < 1.29 is 4.74 Å². The second kappa shape index (κ2) is 6.66. The summed E-state index contributed by atoms with van der Waals surface area (Å²) < 4.78 is 5.40. The van der Waals surface area contributed by atoms with Gasteiger partial charge in [0.2, 0.25) is 0 Å². The molecule has 0 aliphatic heterocycles. The zero-order valence-electron chi connectivity index (χ0n) is 13.4. The molecule has 1 unspecified atom stereocenters. The molecule has 112 valence electrons. The van der Waals surface area contributed by atoms with E-state index in [1.807, 2.05) is 18.2 Å². The third-order valence-corrected chi connectivity index (χ3v) is 3.88. The van der Waals surface area contributed by atoms with Crippen molar-refractivity contribution >= 4 is 5.69 Å². The highest BCUT2D eigenvalue weighted by atomic mass is 16.5. The zero-order chi connectivity index (χ0) is 15.3. The second-order valence-electron chi connectivity index (χ2n) is 6.20. The van der Waals surface area contributed by atoms with Crippen LogP contribution in [-0.2, 0) is 5.41 Å². The average molecular weight is 283 g/mol. The second-order valence-corrected chi connectivity index (χ2v) is 6.20. The number of hydrogen-bond donors (Lipinski definition) is 1. The number of nitrogens with one attached hydrogen (secondary N) is 1. The maximum atomic E-state index is 5.40. The first-order valence-corrected chi connectivity index (χ1v) is 7.48. The van der Waals surface area contributed by atoms with Crippen LogP contribution in [0, 0.1) is 0 Å². The molecular weight excluding hydrogens is 258 g/mol. The van der Waals surface area contributed by atoms with Crippen LogP contribution < -0.4 is 10.1 Å². The van der Waals surface area contributed by atoms with Crippen LogP contribution in [0.25, 0.3) is 0 Å². The minimum Gasteiger partial charge on any atom is -0.495 e. The molecule has 0 radical (unpaired) electrons. The molecule has 0 saturated carbocycles. The maximum absolute atomic E-state index is 5.40. The molecule has 21 heavy (non-hydrogen) atoms. The molecule has 1 N–H and O–H groups in total. The largest absolute Gasteiger partial charge is 0.495 e. The SMILES string of the molecule is COc1ccccc1NC(C)CC(C)(C)c1ccccc1. The quantitative estimate of drug-likeness (QED) is 0.817. The normalized spacial score (nSPS) is 12.8. The van der Waals surface area contributed by atoms with Gasteiger partial charge in [-0.3, -0.25) is 0 Å². The van der Waals surface area contributed by atoms with Crippen LogP contribution >= 0.6 is 0 Å². The lowest BCUT2D eigenvalue weighted by Crippen LogP contribution is -2.27. The van der Waals surface area contributed by atoms with Gasteiger partial charge in [-0.1, -0.05) is 56.3 Å². The monoisotopic (exact) mass is 283 g/mol. The van der Waals surface area contributed by atoms with E-state index in [2.05, 4.69) is 62.5 Å². The van der Waals surface area contributed by atoms with Gasteiger partial charge in [0, 0.05) is 6.04 Å². The molecule has 0 heterocycles. The van der Waals surface area contributed by atoms with Crippen molar-refractivity contribution in [3.8, 4) is 5.75 Å². The molecular formula is C19H25NO. The van der Waals surface area contributed by atoms with E-state index in [1.54, 1.807) is 7.11 Å². The third kappa shape index (κ3) is 4.01. The predicted octanol–water partition coefficient (Wildman–Crippen LogP) is 4.86. The van der Waals surface area contributed by atoms with Crippen LogP contribution in [0.5, 0.6) is 5.75 Å². The molecule has 0 aliphatic carbocycles. The summed E-state index contributed by atoms with van der Waals surface area (Å²) in [6.45, 7) is 6.81. The van der Waals surface area contributed by atoms with E-state index < -0.39 is 0 Å². The van der Waals surface area contributed by atoms with Gasteiger partial charge in [0.25, 0.3) is 0 Å². The molecule has 0 saturated heterocycles. The fourth-order valence-electron chi connectivity index (χ4n) is 2.85. The molecule has 2 heteroatoms. The molecule has 0 aliphatic rings. The molecule has 0 spiro atoms. The molecule has 0 fully saturated rings. The lowest BCUT2D eigenvalue weighted by Gasteiger charge is -2.30. The Morgan fingerprint density at radius 3 is 2.29 bits per heavy atom. The molecule has 0 amide bonds. The summed E-state index contributed by atoms with van der Waals surface area (Å²) in [7, 11) is 1.71. The average Bonchev–Trinajstić information content (AvgIpc) is 2.48. The van der Waals surface area contributed by atoms with Gasteiger partial charge < -0.3 is 10.1 Å². The van der Waals surface area contributed by atoms with Gasteiger partial charge in [-0.2, -0.15) is 0 Å². The first-order chi connectivity index (χ1) is 10.0. The summed E-state index contributed by atoms with van der Waals surface area (Å²) in [4.78, 5) is 0. The molecule has 2 rings (SSSR count). The Kier molecular flexibility index (Phi) is 4.89. The number of ether oxygens (including phenoxy) is 1. The van der Waals surface area contributed by atoms with Crippen LogP contribution in [0.15, 0.2) is 54.6 Å². The minimum atomic E-state index is 0.135. The Morgan fingerprint density at radius 1 is 1.00 bits per heavy atom. The van der Waals surface area contributed by atoms with E-state index in [9.17, 15) is 0 Å². The number of rotatable bonds is 6. The lowest BCUT2D eigenvalue weighted by atomic mass is 9.79. The third-order valence-electron chi connectivity index (χ3n) is 3.88. The molecule has 2 aromatic carbocycles. The molecule has 0 bridgehead atoms. The Morgan fingerprint density at radius 2 is 1.62 bits per heavy atom. The highest BCUT2D eigenvalue weighted by Gasteiger charge is 2.23. The van der Waals surface area contributed by atoms with Gasteiger partial charge in [0.1, 0.15) is 5.75 Å². The van der Waals surface area contributed by atoms with Gasteiger partial charge in [-0.25, -0.2) is 0 Å². The van der Waals surface area contributed by atoms with E-state index in [-0.39, 0.29) is 5.41 Å². The number of para-hydroxylation sites is 2. The van der Waals surface area contributed by atoms with Crippen molar-refractivity contribution in [2.75, 3.05) is 12.4 Å². The summed E-state index contributed by atoms with van der Waals surface area (Å²) in [6.07, 6.45) is 1.05. The number of benzene rings is 2. The van der Waals surface area contributed by atoms with Crippen LogP contribution in [0.3, 0.4) is 0 Å². The minimum absolute atomic E-state index is 0.135. The fraction of sp³-hybridized carbons (Fsp3) is 0.368. The summed E-state index contributed by atoms with van der Waals surface area (Å²) in [6, 6.07) is 19.1. The maximum Gasteiger partial charge on any atom is 0.141 e. The van der Waals surface area contributed by atoms with Gasteiger partial charge in [-0.05, 0) is 36.5 Å². The number of anilines is 1. The Hall–Kier alpha value is -1.96. The highest BCUT2D eigenvalue weighted by Crippen LogP contribution is 2.30. The van der Waals surface area contributed by atoms with Gasteiger partial charge in [-0.15, -0.1) is 0 Å². The van der Waals surface area contributed by atoms with Crippen LogP contribution in [-0.4, -0.2) is 13.2 Å². The summed E-state index contributed by atoms with van der Waals surface area (Å²) in [5.41, 5.74) is 2.56. The Balaban J connectivity index is 2.06. The Labute approximate surface area is 128 Å². The topological polar surface area (TPSA) is 21.3 Å². The van der Waals surface area contributed by atoms with Gasteiger partial charge in [0.15, 0.2) is 0 Å². The van der Waals surface area contributed by atoms with Crippen molar-refractivity contribution in [3.63, 3.8) is 0 Å². The molecule has 0 aromatic heterocycles. The number of methoxy groups -OCH3 is 1. The van der Waals surface area contributed by atoms with E-state index in [0.29, 0.717) is 6.04 Å². The van der Waals surface area contributed by atoms with Gasteiger partial charge in [0.05, 0.1) is 12.8 Å². The van der Waals surface area contributed by atoms with Crippen LogP contribution in [0.2, 0.25) is 0 Å². The molecule has 1 atom stereocenters. The van der Waals surface area contributed by atoms with Crippen molar-refractivity contribution in [2.45, 2.75) is 38.6 Å². The highest BCUT2D eigenvalue weighted by molar-refractivity contribution is 5.56. The van der Waals surface area contributed by atoms with Crippen LogP contribution in [0.4, 0.5) is 5.69 Å². The fourth-order valence-corrected chi connectivity index (χ4v) is 2.85. The zero-order valence-corrected chi connectivity index (χ0v) is 13.4. The van der Waals surface area contributed by atoms with Crippen molar-refractivity contribution in [3.05, 3.63) is 60.2 Å². The van der Waals surface area contributed by atoms with E-state index >= 15 is 0 Å². The lowest BCUT2D eigenvalue weighted by molar-refractivity contribution is 0.413. The summed E-state index contributed by atoms with van der Waals surface area (Å²) in [5, 5.41) is 3.56. The smallest absolute Gasteiger partial charge is 0.141 e. The predicted molar refractivity (Wildman–Crippen MR) is 90.2 cm³/mol. The molecule has 2 nitrogen and oxygen atoms in total. The first kappa shape index (κ1) is 15.4. The summed E-state index contributed by atoms with van der Waals surface area (Å²) in [5.74, 6) is 0.891. The summed E-state index contributed by atoms with van der Waals surface area (Å²) >= 11 is 0. The van der Waals surface area contributed by atoms with Crippen molar-refractivity contribution in [1.82, 2.24) is 0 Å². The van der Waals surface area contributed by atoms with Crippen molar-refractivity contribution in [2.24, 2.45) is 0 Å². The van der Waals surface area contributed by atoms with Gasteiger partial charge >= 0.3 is 0 Å². The van der Waals surface area contributed by atoms with E-state index in [0.717, 1.165) is 17.9 Å². The first-order valence-electron chi connectivity index (χ1n) is 7.48.